The van der Waals surface area contributed by atoms with E-state index < -0.39 is 0 Å². The summed E-state index contributed by atoms with van der Waals surface area (Å²) in [5.74, 6) is 1.19. The van der Waals surface area contributed by atoms with Crippen LogP contribution in [-0.4, -0.2) is 34.4 Å². The van der Waals surface area contributed by atoms with Gasteiger partial charge in [-0.05, 0) is 60.2 Å². The molecule has 1 heterocycles. The minimum atomic E-state index is -0.112. The van der Waals surface area contributed by atoms with Crippen molar-refractivity contribution in [1.29, 1.82) is 0 Å². The molecule has 0 radical (unpaired) electrons. The van der Waals surface area contributed by atoms with E-state index >= 15 is 0 Å². The fraction of sp³-hybridized carbons (Fsp3) is 0.222. The molecule has 0 aliphatic rings. The Kier molecular flexibility index (Phi) is 8.13. The number of carbonyl (C=O) groups excluding carboxylic acids is 1. The van der Waals surface area contributed by atoms with Gasteiger partial charge in [-0.2, -0.15) is 4.98 Å². The molecule has 4 rings (SSSR count). The first-order valence-corrected chi connectivity index (χ1v) is 12.2. The molecular formula is C27H26Cl2N4O3. The Labute approximate surface area is 220 Å². The second kappa shape index (κ2) is 11.5. The molecule has 0 fully saturated rings. The fourth-order valence-electron chi connectivity index (χ4n) is 3.38. The molecule has 4 aromatic rings. The lowest BCUT2D eigenvalue weighted by Gasteiger charge is -2.10. The minimum Gasteiger partial charge on any atom is -0.497 e. The van der Waals surface area contributed by atoms with Gasteiger partial charge in [-0.1, -0.05) is 49.2 Å². The molecule has 1 aromatic heterocycles. The highest BCUT2D eigenvalue weighted by Gasteiger charge is 2.16. The van der Waals surface area contributed by atoms with E-state index in [9.17, 15) is 4.79 Å². The lowest BCUT2D eigenvalue weighted by atomic mass is 10.1. The van der Waals surface area contributed by atoms with E-state index in [0.29, 0.717) is 34.6 Å². The van der Waals surface area contributed by atoms with Gasteiger partial charge in [-0.25, -0.2) is 4.68 Å². The van der Waals surface area contributed by atoms with Gasteiger partial charge in [-0.15, -0.1) is 5.10 Å². The van der Waals surface area contributed by atoms with Crippen LogP contribution in [0.2, 0.25) is 10.0 Å². The largest absolute Gasteiger partial charge is 0.497 e. The fourth-order valence-corrected chi connectivity index (χ4v) is 3.68. The Balaban J connectivity index is 1.58. The maximum atomic E-state index is 12.0. The van der Waals surface area contributed by atoms with Crippen LogP contribution in [0.15, 0.2) is 66.7 Å². The molecule has 7 nitrogen and oxygen atoms in total. The van der Waals surface area contributed by atoms with Crippen molar-refractivity contribution in [1.82, 2.24) is 14.8 Å². The molecule has 3 aromatic carbocycles. The molecule has 0 atom stereocenters. The van der Waals surface area contributed by atoms with Crippen LogP contribution in [-0.2, 0) is 11.2 Å². The molecule has 0 saturated carbocycles. The molecule has 1 amide bonds. The second-order valence-corrected chi connectivity index (χ2v) is 9.21. The number of halogens is 2. The van der Waals surface area contributed by atoms with E-state index in [1.165, 1.54) is 0 Å². The monoisotopic (exact) mass is 524 g/mol. The van der Waals surface area contributed by atoms with Crippen molar-refractivity contribution in [2.24, 2.45) is 5.92 Å². The quantitative estimate of drug-likeness (QED) is 0.271. The van der Waals surface area contributed by atoms with Crippen molar-refractivity contribution in [3.63, 3.8) is 0 Å². The van der Waals surface area contributed by atoms with Crippen molar-refractivity contribution in [2.75, 3.05) is 19.0 Å². The Bertz CT molecular complexity index is 1340. The van der Waals surface area contributed by atoms with Gasteiger partial charge in [0.2, 0.25) is 5.91 Å². The third-order valence-electron chi connectivity index (χ3n) is 5.45. The normalized spacial score (nSPS) is 10.9. The van der Waals surface area contributed by atoms with E-state index in [0.717, 1.165) is 22.6 Å². The Hall–Kier alpha value is -3.55. The zero-order valence-corrected chi connectivity index (χ0v) is 21.7. The van der Waals surface area contributed by atoms with Crippen LogP contribution in [0.25, 0.3) is 17.1 Å². The van der Waals surface area contributed by atoms with Gasteiger partial charge in [0.25, 0.3) is 0 Å². The zero-order valence-electron chi connectivity index (χ0n) is 20.2. The number of nitrogens with one attached hydrogen (secondary N) is 1. The molecule has 0 unspecified atom stereocenters. The van der Waals surface area contributed by atoms with Crippen molar-refractivity contribution in [3.8, 4) is 28.8 Å². The van der Waals surface area contributed by atoms with Gasteiger partial charge in [0.1, 0.15) is 5.75 Å². The maximum Gasteiger partial charge on any atom is 0.336 e. The predicted molar refractivity (Wildman–Crippen MR) is 142 cm³/mol. The number of anilines is 1. The summed E-state index contributed by atoms with van der Waals surface area (Å²) < 4.78 is 12.8. The molecule has 186 valence electrons. The smallest absolute Gasteiger partial charge is 0.336 e. The lowest BCUT2D eigenvalue weighted by molar-refractivity contribution is -0.118. The topological polar surface area (TPSA) is 78.3 Å². The van der Waals surface area contributed by atoms with E-state index in [2.05, 4.69) is 15.4 Å². The van der Waals surface area contributed by atoms with Gasteiger partial charge < -0.3 is 14.8 Å². The minimum absolute atomic E-state index is 0.0486. The average Bonchev–Trinajstić information content (AvgIpc) is 3.30. The van der Waals surface area contributed by atoms with Gasteiger partial charge >= 0.3 is 6.01 Å². The van der Waals surface area contributed by atoms with Crippen LogP contribution in [0.4, 0.5) is 5.69 Å². The zero-order chi connectivity index (χ0) is 25.7. The average molecular weight is 525 g/mol. The van der Waals surface area contributed by atoms with Crippen LogP contribution < -0.4 is 14.8 Å². The number of ether oxygens (including phenoxy) is 2. The number of methoxy groups -OCH3 is 1. The highest BCUT2D eigenvalue weighted by molar-refractivity contribution is 6.42. The summed E-state index contributed by atoms with van der Waals surface area (Å²) in [6, 6.07) is 20.7. The number of benzene rings is 3. The van der Waals surface area contributed by atoms with E-state index in [-0.39, 0.29) is 17.8 Å². The van der Waals surface area contributed by atoms with Crippen LogP contribution >= 0.6 is 23.2 Å². The molecular weight excluding hydrogens is 499 g/mol. The predicted octanol–water partition coefficient (Wildman–Crippen LogP) is 6.47. The molecule has 0 aliphatic heterocycles. The molecule has 36 heavy (non-hydrogen) atoms. The number of amides is 1. The number of hydrogen-bond acceptors (Lipinski definition) is 5. The van der Waals surface area contributed by atoms with E-state index in [4.69, 9.17) is 32.7 Å². The summed E-state index contributed by atoms with van der Waals surface area (Å²) in [6.45, 7) is 4.09. The molecule has 0 bridgehead atoms. The summed E-state index contributed by atoms with van der Waals surface area (Å²) in [5.41, 5.74) is 3.29. The van der Waals surface area contributed by atoms with Crippen LogP contribution in [0.3, 0.4) is 0 Å². The number of carbonyl (C=O) groups is 1. The first-order chi connectivity index (χ1) is 17.3. The third kappa shape index (κ3) is 6.17. The lowest BCUT2D eigenvalue weighted by Crippen LogP contribution is -2.17. The summed E-state index contributed by atoms with van der Waals surface area (Å²) >= 11 is 12.4. The molecule has 0 aliphatic carbocycles. The number of aromatic nitrogens is 3. The van der Waals surface area contributed by atoms with Crippen LogP contribution in [0, 0.1) is 5.92 Å². The summed E-state index contributed by atoms with van der Waals surface area (Å²) in [6.07, 6.45) is 0.685. The Morgan fingerprint density at radius 3 is 2.36 bits per heavy atom. The van der Waals surface area contributed by atoms with Gasteiger partial charge in [0, 0.05) is 23.6 Å². The highest BCUT2D eigenvalue weighted by Crippen LogP contribution is 2.30. The second-order valence-electron chi connectivity index (χ2n) is 8.40. The SMILES string of the molecule is COc1ccc(CCOc2nc(-c3ccc(Cl)c(Cl)c3)n(-c3ccc(NC(=O)C(C)C)cc3)n2)cc1. The Morgan fingerprint density at radius 1 is 1.00 bits per heavy atom. The van der Waals surface area contributed by atoms with Gasteiger partial charge in [0.15, 0.2) is 5.82 Å². The first-order valence-electron chi connectivity index (χ1n) is 11.4. The maximum absolute atomic E-state index is 12.0. The van der Waals surface area contributed by atoms with Crippen molar-refractivity contribution in [3.05, 3.63) is 82.3 Å². The van der Waals surface area contributed by atoms with Crippen molar-refractivity contribution < 1.29 is 14.3 Å². The first kappa shape index (κ1) is 25.5. The molecule has 1 N–H and O–H groups in total. The number of hydrogen-bond donors (Lipinski definition) is 1. The summed E-state index contributed by atoms with van der Waals surface area (Å²) in [4.78, 5) is 16.6. The molecule has 0 spiro atoms. The highest BCUT2D eigenvalue weighted by atomic mass is 35.5. The van der Waals surface area contributed by atoms with Crippen LogP contribution in [0.5, 0.6) is 11.8 Å². The number of nitrogens with zero attached hydrogens (tertiary/aromatic N) is 3. The number of rotatable bonds is 9. The molecule has 0 saturated heterocycles. The van der Waals surface area contributed by atoms with Gasteiger partial charge in [0.05, 0.1) is 29.4 Å². The molecule has 9 heteroatoms. The van der Waals surface area contributed by atoms with E-state index in [1.807, 2.05) is 68.4 Å². The standard InChI is InChI=1S/C27H26Cl2N4O3/c1-17(2)26(34)30-20-7-9-21(10-8-20)33-25(19-6-13-23(28)24(29)16-19)31-27(32-33)36-15-14-18-4-11-22(35-3)12-5-18/h4-13,16-17H,14-15H2,1-3H3,(H,30,34). The van der Waals surface area contributed by atoms with Gasteiger partial charge in [-0.3, -0.25) is 4.79 Å². The summed E-state index contributed by atoms with van der Waals surface area (Å²) in [7, 11) is 1.64. The van der Waals surface area contributed by atoms with Crippen molar-refractivity contribution in [2.45, 2.75) is 20.3 Å². The summed E-state index contributed by atoms with van der Waals surface area (Å²) in [5, 5.41) is 8.34. The van der Waals surface area contributed by atoms with Crippen molar-refractivity contribution >= 4 is 34.8 Å². The third-order valence-corrected chi connectivity index (χ3v) is 6.19. The Morgan fingerprint density at radius 2 is 1.72 bits per heavy atom. The van der Waals surface area contributed by atoms with Crippen LogP contribution in [0.1, 0.15) is 19.4 Å². The van der Waals surface area contributed by atoms with E-state index in [1.54, 1.807) is 23.9 Å².